The number of likely N-dealkylation sites (N-methyl/N-ethyl adjacent to an activating group) is 1. The Labute approximate surface area is 116 Å². The van der Waals surface area contributed by atoms with Crippen LogP contribution in [0.4, 0.5) is 0 Å². The van der Waals surface area contributed by atoms with Gasteiger partial charge in [0, 0.05) is 20.1 Å². The van der Waals surface area contributed by atoms with Crippen LogP contribution in [-0.4, -0.2) is 49.4 Å². The standard InChI is InChI=1S/C14H27N3O2/c1-5-14(8-7-9-15-10-14)13(19)16-11(3)12(18)17(4)6-2/h11,15H,5-10H2,1-4H3,(H,16,19). The minimum Gasteiger partial charge on any atom is -0.344 e. The van der Waals surface area contributed by atoms with Gasteiger partial charge < -0.3 is 15.5 Å². The summed E-state index contributed by atoms with van der Waals surface area (Å²) in [6, 6.07) is -0.456. The van der Waals surface area contributed by atoms with Gasteiger partial charge in [-0.1, -0.05) is 6.92 Å². The van der Waals surface area contributed by atoms with Gasteiger partial charge in [0.1, 0.15) is 6.04 Å². The van der Waals surface area contributed by atoms with Gasteiger partial charge in [-0.15, -0.1) is 0 Å². The Bertz CT molecular complexity index is 325. The average molecular weight is 269 g/mol. The molecule has 1 rings (SSSR count). The number of nitrogens with one attached hydrogen (secondary N) is 2. The molecule has 1 aliphatic rings. The van der Waals surface area contributed by atoms with Crippen molar-refractivity contribution in [3.63, 3.8) is 0 Å². The Hall–Kier alpha value is -1.10. The van der Waals surface area contributed by atoms with Gasteiger partial charge in [-0.3, -0.25) is 9.59 Å². The molecule has 5 heteroatoms. The molecule has 1 aliphatic heterocycles. The summed E-state index contributed by atoms with van der Waals surface area (Å²) in [7, 11) is 1.75. The summed E-state index contributed by atoms with van der Waals surface area (Å²) in [5.74, 6) is -0.0292. The highest BCUT2D eigenvalue weighted by molar-refractivity contribution is 5.90. The van der Waals surface area contributed by atoms with Crippen molar-refractivity contribution < 1.29 is 9.59 Å². The number of hydrogen-bond donors (Lipinski definition) is 2. The number of hydrogen-bond acceptors (Lipinski definition) is 3. The minimum absolute atomic E-state index is 0.00699. The number of nitrogens with zero attached hydrogens (tertiary/aromatic N) is 1. The third-order valence-corrected chi connectivity index (χ3v) is 4.20. The third-order valence-electron chi connectivity index (χ3n) is 4.20. The van der Waals surface area contributed by atoms with Crippen LogP contribution in [0.25, 0.3) is 0 Å². The lowest BCUT2D eigenvalue weighted by Gasteiger charge is -2.36. The molecule has 1 saturated heterocycles. The summed E-state index contributed by atoms with van der Waals surface area (Å²) in [6.45, 7) is 8.05. The molecule has 110 valence electrons. The average Bonchev–Trinajstić information content (AvgIpc) is 2.45. The molecule has 2 unspecified atom stereocenters. The van der Waals surface area contributed by atoms with Crippen LogP contribution >= 0.6 is 0 Å². The molecule has 1 heterocycles. The van der Waals surface area contributed by atoms with Gasteiger partial charge in [-0.05, 0) is 39.7 Å². The number of carbonyl (C=O) groups excluding carboxylic acids is 2. The van der Waals surface area contributed by atoms with Crippen LogP contribution in [0, 0.1) is 5.41 Å². The predicted octanol–water partition coefficient (Wildman–Crippen LogP) is 0.749. The van der Waals surface area contributed by atoms with Gasteiger partial charge in [0.05, 0.1) is 5.41 Å². The molecular formula is C14H27N3O2. The molecule has 0 bridgehead atoms. The van der Waals surface area contributed by atoms with Crippen molar-refractivity contribution in [1.29, 1.82) is 0 Å². The molecule has 0 radical (unpaired) electrons. The van der Waals surface area contributed by atoms with Crippen molar-refractivity contribution in [3.05, 3.63) is 0 Å². The lowest BCUT2D eigenvalue weighted by atomic mass is 9.77. The second-order valence-electron chi connectivity index (χ2n) is 5.46. The molecule has 0 spiro atoms. The zero-order chi connectivity index (χ0) is 14.5. The van der Waals surface area contributed by atoms with Crippen molar-refractivity contribution in [3.8, 4) is 0 Å². The van der Waals surface area contributed by atoms with E-state index in [4.69, 9.17) is 0 Å². The smallest absolute Gasteiger partial charge is 0.244 e. The van der Waals surface area contributed by atoms with Crippen LogP contribution in [0.15, 0.2) is 0 Å². The Kier molecular flexibility index (Phi) is 5.79. The molecule has 2 atom stereocenters. The van der Waals surface area contributed by atoms with E-state index in [0.29, 0.717) is 13.1 Å². The minimum atomic E-state index is -0.456. The molecule has 0 aromatic heterocycles. The zero-order valence-electron chi connectivity index (χ0n) is 12.6. The molecule has 2 amide bonds. The van der Waals surface area contributed by atoms with E-state index in [9.17, 15) is 9.59 Å². The molecule has 0 saturated carbocycles. The van der Waals surface area contributed by atoms with Crippen LogP contribution < -0.4 is 10.6 Å². The normalized spacial score (nSPS) is 24.6. The summed E-state index contributed by atoms with van der Waals surface area (Å²) >= 11 is 0. The van der Waals surface area contributed by atoms with Gasteiger partial charge in [0.2, 0.25) is 11.8 Å². The van der Waals surface area contributed by atoms with Crippen LogP contribution in [0.1, 0.15) is 40.0 Å². The first-order chi connectivity index (χ1) is 8.96. The third kappa shape index (κ3) is 3.69. The fraction of sp³-hybridized carbons (Fsp3) is 0.857. The van der Waals surface area contributed by atoms with Crippen molar-refractivity contribution in [2.45, 2.75) is 46.1 Å². The van der Waals surface area contributed by atoms with E-state index in [-0.39, 0.29) is 17.2 Å². The van der Waals surface area contributed by atoms with Gasteiger partial charge in [0.15, 0.2) is 0 Å². The van der Waals surface area contributed by atoms with Crippen molar-refractivity contribution in [1.82, 2.24) is 15.5 Å². The van der Waals surface area contributed by atoms with Crippen molar-refractivity contribution in [2.75, 3.05) is 26.7 Å². The first kappa shape index (κ1) is 16.0. The maximum Gasteiger partial charge on any atom is 0.244 e. The first-order valence-electron chi connectivity index (χ1n) is 7.23. The highest BCUT2D eigenvalue weighted by atomic mass is 16.2. The summed E-state index contributed by atoms with van der Waals surface area (Å²) in [6.07, 6.45) is 2.71. The monoisotopic (exact) mass is 269 g/mol. The second kappa shape index (κ2) is 6.89. The molecule has 5 nitrogen and oxygen atoms in total. The fourth-order valence-electron chi connectivity index (χ4n) is 2.52. The summed E-state index contributed by atoms with van der Waals surface area (Å²) in [5.41, 5.74) is -0.350. The Balaban J connectivity index is 2.64. The number of piperidine rings is 1. The molecule has 0 aliphatic carbocycles. The predicted molar refractivity (Wildman–Crippen MR) is 75.7 cm³/mol. The molecule has 0 aromatic carbocycles. The van der Waals surface area contributed by atoms with Crippen LogP contribution in [0.5, 0.6) is 0 Å². The second-order valence-corrected chi connectivity index (χ2v) is 5.46. The molecule has 19 heavy (non-hydrogen) atoms. The van der Waals surface area contributed by atoms with Crippen molar-refractivity contribution >= 4 is 11.8 Å². The summed E-state index contributed by atoms with van der Waals surface area (Å²) in [5, 5.41) is 6.17. The van der Waals surface area contributed by atoms with E-state index in [1.165, 1.54) is 0 Å². The Morgan fingerprint density at radius 1 is 1.42 bits per heavy atom. The number of rotatable bonds is 5. The largest absolute Gasteiger partial charge is 0.344 e. The molecule has 2 N–H and O–H groups in total. The van der Waals surface area contributed by atoms with E-state index in [0.717, 1.165) is 25.8 Å². The Morgan fingerprint density at radius 3 is 2.58 bits per heavy atom. The van der Waals surface area contributed by atoms with E-state index in [2.05, 4.69) is 10.6 Å². The Morgan fingerprint density at radius 2 is 2.11 bits per heavy atom. The SMILES string of the molecule is CCN(C)C(=O)C(C)NC(=O)C1(CC)CCCNC1. The zero-order valence-corrected chi connectivity index (χ0v) is 12.6. The molecule has 1 fully saturated rings. The van der Waals surface area contributed by atoms with Crippen molar-refractivity contribution in [2.24, 2.45) is 5.41 Å². The van der Waals surface area contributed by atoms with E-state index in [1.54, 1.807) is 18.9 Å². The van der Waals surface area contributed by atoms with Crippen LogP contribution in [0.3, 0.4) is 0 Å². The maximum atomic E-state index is 12.5. The topological polar surface area (TPSA) is 61.4 Å². The molecular weight excluding hydrogens is 242 g/mol. The number of carbonyl (C=O) groups is 2. The van der Waals surface area contributed by atoms with Gasteiger partial charge >= 0.3 is 0 Å². The lowest BCUT2D eigenvalue weighted by Crippen LogP contribution is -2.54. The molecule has 0 aromatic rings. The van der Waals surface area contributed by atoms with Gasteiger partial charge in [0.25, 0.3) is 0 Å². The first-order valence-corrected chi connectivity index (χ1v) is 7.23. The summed E-state index contributed by atoms with van der Waals surface area (Å²) < 4.78 is 0. The summed E-state index contributed by atoms with van der Waals surface area (Å²) in [4.78, 5) is 26.1. The van der Waals surface area contributed by atoms with Crippen LogP contribution in [0.2, 0.25) is 0 Å². The highest BCUT2D eigenvalue weighted by Gasteiger charge is 2.38. The van der Waals surface area contributed by atoms with Gasteiger partial charge in [-0.2, -0.15) is 0 Å². The van der Waals surface area contributed by atoms with E-state index >= 15 is 0 Å². The van der Waals surface area contributed by atoms with Gasteiger partial charge in [-0.25, -0.2) is 0 Å². The van der Waals surface area contributed by atoms with E-state index < -0.39 is 6.04 Å². The van der Waals surface area contributed by atoms with Crippen LogP contribution in [-0.2, 0) is 9.59 Å². The lowest BCUT2D eigenvalue weighted by molar-refractivity contribution is -0.139. The maximum absolute atomic E-state index is 12.5. The van der Waals surface area contributed by atoms with E-state index in [1.807, 2.05) is 13.8 Å². The quantitative estimate of drug-likeness (QED) is 0.774. The number of amides is 2. The highest BCUT2D eigenvalue weighted by Crippen LogP contribution is 2.30. The fourth-order valence-corrected chi connectivity index (χ4v) is 2.52.